The van der Waals surface area contributed by atoms with Crippen molar-refractivity contribution >= 4 is 39.3 Å². The Morgan fingerprint density at radius 1 is 1.54 bits per heavy atom. The third-order valence-electron chi connectivity index (χ3n) is 4.38. The van der Waals surface area contributed by atoms with Gasteiger partial charge in [0.15, 0.2) is 5.16 Å². The van der Waals surface area contributed by atoms with Crippen molar-refractivity contribution in [1.29, 1.82) is 0 Å². The molecule has 2 heterocycles. The molecule has 24 heavy (non-hydrogen) atoms. The van der Waals surface area contributed by atoms with Gasteiger partial charge in [-0.05, 0) is 44.1 Å². The molecule has 1 aliphatic carbocycles. The maximum absolute atomic E-state index is 12.5. The van der Waals surface area contributed by atoms with Gasteiger partial charge < -0.3 is 9.72 Å². The zero-order valence-corrected chi connectivity index (χ0v) is 15.8. The van der Waals surface area contributed by atoms with E-state index in [2.05, 4.69) is 16.9 Å². The van der Waals surface area contributed by atoms with Gasteiger partial charge in [0, 0.05) is 4.88 Å². The highest BCUT2D eigenvalue weighted by atomic mass is 32.2. The number of thiophene rings is 1. The molecule has 2 aromatic heterocycles. The average Bonchev–Trinajstić information content (AvgIpc) is 2.90. The van der Waals surface area contributed by atoms with E-state index >= 15 is 0 Å². The van der Waals surface area contributed by atoms with Crippen LogP contribution in [0.4, 0.5) is 0 Å². The van der Waals surface area contributed by atoms with Crippen LogP contribution in [0.1, 0.15) is 44.1 Å². The maximum Gasteiger partial charge on any atom is 0.316 e. The molecular weight excluding hydrogens is 344 g/mol. The molecule has 1 aliphatic rings. The Morgan fingerprint density at radius 2 is 2.33 bits per heavy atom. The van der Waals surface area contributed by atoms with Gasteiger partial charge in [0.1, 0.15) is 4.83 Å². The number of nitrogens with one attached hydrogen (secondary N) is 1. The quantitative estimate of drug-likeness (QED) is 0.498. The fourth-order valence-electron chi connectivity index (χ4n) is 2.87. The number of aromatic amines is 1. The van der Waals surface area contributed by atoms with Crippen LogP contribution >= 0.6 is 23.1 Å². The number of aryl methyl sites for hydroxylation is 1. The smallest absolute Gasteiger partial charge is 0.316 e. The van der Waals surface area contributed by atoms with E-state index in [9.17, 15) is 9.59 Å². The number of fused-ring (bicyclic) bond motifs is 3. The topological polar surface area (TPSA) is 72.0 Å². The number of ether oxygens (including phenoxy) is 1. The minimum absolute atomic E-state index is 0.0846. The van der Waals surface area contributed by atoms with Crippen LogP contribution in [0.2, 0.25) is 0 Å². The number of aromatic nitrogens is 2. The number of hydrogen-bond donors (Lipinski definition) is 1. The molecule has 0 saturated heterocycles. The van der Waals surface area contributed by atoms with Gasteiger partial charge in [-0.1, -0.05) is 25.6 Å². The van der Waals surface area contributed by atoms with Gasteiger partial charge in [-0.3, -0.25) is 9.59 Å². The lowest BCUT2D eigenvalue weighted by Gasteiger charge is -2.17. The van der Waals surface area contributed by atoms with Crippen molar-refractivity contribution in [3.8, 4) is 0 Å². The average molecular weight is 367 g/mol. The number of rotatable bonds is 5. The largest absolute Gasteiger partial charge is 0.462 e. The monoisotopic (exact) mass is 366 g/mol. The van der Waals surface area contributed by atoms with Gasteiger partial charge in [0.25, 0.3) is 5.56 Å². The molecule has 7 heteroatoms. The highest BCUT2D eigenvalue weighted by molar-refractivity contribution is 7.99. The van der Waals surface area contributed by atoms with Crippen molar-refractivity contribution in [2.75, 3.05) is 5.75 Å². The van der Waals surface area contributed by atoms with E-state index in [4.69, 9.17) is 4.74 Å². The Labute approximate surface area is 149 Å². The predicted octanol–water partition coefficient (Wildman–Crippen LogP) is 3.54. The summed E-state index contributed by atoms with van der Waals surface area (Å²) in [6.07, 6.45) is 3.81. The van der Waals surface area contributed by atoms with Crippen LogP contribution in [0.15, 0.2) is 9.95 Å². The fraction of sp³-hybridized carbons (Fsp3) is 0.588. The van der Waals surface area contributed by atoms with Crippen molar-refractivity contribution in [1.82, 2.24) is 9.97 Å². The van der Waals surface area contributed by atoms with Crippen molar-refractivity contribution < 1.29 is 9.53 Å². The zero-order chi connectivity index (χ0) is 17.3. The molecule has 0 spiro atoms. The van der Waals surface area contributed by atoms with Crippen LogP contribution in [-0.2, 0) is 22.4 Å². The summed E-state index contributed by atoms with van der Waals surface area (Å²) in [6, 6.07) is 0. The van der Waals surface area contributed by atoms with Crippen molar-refractivity contribution in [2.24, 2.45) is 5.92 Å². The molecule has 5 nitrogen and oxygen atoms in total. The Balaban J connectivity index is 1.79. The van der Waals surface area contributed by atoms with E-state index in [1.807, 2.05) is 13.8 Å². The number of carbonyl (C=O) groups excluding carboxylic acids is 1. The molecule has 0 amide bonds. The molecule has 1 N–H and O–H groups in total. The summed E-state index contributed by atoms with van der Waals surface area (Å²) in [4.78, 5) is 33.7. The second-order valence-electron chi connectivity index (χ2n) is 6.40. The molecular formula is C17H22N2O3S2. The van der Waals surface area contributed by atoms with Gasteiger partial charge in [-0.15, -0.1) is 11.3 Å². The standard InChI is InChI=1S/C17H22N2O3S2/c1-4-10(3)22-13(20)8-23-17-18-15(21)14-11-6-5-9(2)7-12(11)24-16(14)19-17/h9-10H,4-8H2,1-3H3,(H,18,19,21). The summed E-state index contributed by atoms with van der Waals surface area (Å²) in [5.74, 6) is 0.534. The van der Waals surface area contributed by atoms with Crippen LogP contribution in [0.3, 0.4) is 0 Å². The normalized spacial score (nSPS) is 18.4. The van der Waals surface area contributed by atoms with Crippen LogP contribution in [0.5, 0.6) is 0 Å². The first kappa shape index (κ1) is 17.5. The number of esters is 1. The molecule has 0 bridgehead atoms. The number of carbonyl (C=O) groups is 1. The number of hydrogen-bond acceptors (Lipinski definition) is 6. The molecule has 2 atom stereocenters. The van der Waals surface area contributed by atoms with Crippen LogP contribution in [0, 0.1) is 5.92 Å². The molecule has 2 aromatic rings. The second-order valence-corrected chi connectivity index (χ2v) is 8.45. The van der Waals surface area contributed by atoms with Gasteiger partial charge in [-0.25, -0.2) is 4.98 Å². The second kappa shape index (κ2) is 7.27. The third-order valence-corrected chi connectivity index (χ3v) is 6.37. The molecule has 130 valence electrons. The first-order chi connectivity index (χ1) is 11.5. The highest BCUT2D eigenvalue weighted by Gasteiger charge is 2.23. The van der Waals surface area contributed by atoms with E-state index in [1.165, 1.54) is 22.2 Å². The Morgan fingerprint density at radius 3 is 3.08 bits per heavy atom. The number of H-pyrrole nitrogens is 1. The maximum atomic E-state index is 12.5. The predicted molar refractivity (Wildman–Crippen MR) is 98.0 cm³/mol. The summed E-state index contributed by atoms with van der Waals surface area (Å²) >= 11 is 2.84. The van der Waals surface area contributed by atoms with Crippen molar-refractivity contribution in [2.45, 2.75) is 57.7 Å². The summed E-state index contributed by atoms with van der Waals surface area (Å²) in [5, 5.41) is 1.23. The number of nitrogens with zero attached hydrogens (tertiary/aromatic N) is 1. The summed E-state index contributed by atoms with van der Waals surface area (Å²) < 4.78 is 5.24. The first-order valence-electron chi connectivity index (χ1n) is 8.34. The Hall–Kier alpha value is -1.34. The number of thioether (sulfide) groups is 1. The Bertz CT molecular complexity index is 812. The van der Waals surface area contributed by atoms with E-state index < -0.39 is 0 Å². The first-order valence-corrected chi connectivity index (χ1v) is 10.1. The molecule has 0 aliphatic heterocycles. The van der Waals surface area contributed by atoms with Gasteiger partial charge in [0.05, 0.1) is 17.2 Å². The molecule has 2 unspecified atom stereocenters. The summed E-state index contributed by atoms with van der Waals surface area (Å²) in [5.41, 5.74) is 1.08. The zero-order valence-electron chi connectivity index (χ0n) is 14.2. The third kappa shape index (κ3) is 3.67. The molecule has 0 saturated carbocycles. The van der Waals surface area contributed by atoms with E-state index in [-0.39, 0.29) is 23.4 Å². The lowest BCUT2D eigenvalue weighted by molar-refractivity contribution is -0.144. The van der Waals surface area contributed by atoms with E-state index in [1.54, 1.807) is 11.3 Å². The molecule has 0 aromatic carbocycles. The lowest BCUT2D eigenvalue weighted by Crippen LogP contribution is -2.16. The van der Waals surface area contributed by atoms with Crippen LogP contribution < -0.4 is 5.56 Å². The molecule has 0 fully saturated rings. The van der Waals surface area contributed by atoms with E-state index in [0.29, 0.717) is 11.1 Å². The van der Waals surface area contributed by atoms with Gasteiger partial charge in [0.2, 0.25) is 0 Å². The van der Waals surface area contributed by atoms with Crippen molar-refractivity contribution in [3.05, 3.63) is 20.8 Å². The summed E-state index contributed by atoms with van der Waals surface area (Å²) in [7, 11) is 0. The highest BCUT2D eigenvalue weighted by Crippen LogP contribution is 2.36. The minimum atomic E-state index is -0.281. The SMILES string of the molecule is CCC(C)OC(=O)CSc1nc2sc3c(c2c(=O)[nH]1)CCC(C)C3. The van der Waals surface area contributed by atoms with Gasteiger partial charge >= 0.3 is 5.97 Å². The van der Waals surface area contributed by atoms with Gasteiger partial charge in [-0.2, -0.15) is 0 Å². The van der Waals surface area contributed by atoms with Crippen LogP contribution in [0.25, 0.3) is 10.2 Å². The molecule has 3 rings (SSSR count). The Kier molecular flexibility index (Phi) is 5.30. The lowest BCUT2D eigenvalue weighted by atomic mass is 9.89. The van der Waals surface area contributed by atoms with Crippen LogP contribution in [-0.4, -0.2) is 27.8 Å². The fourth-order valence-corrected chi connectivity index (χ4v) is 4.95. The van der Waals surface area contributed by atoms with Crippen molar-refractivity contribution in [3.63, 3.8) is 0 Å². The minimum Gasteiger partial charge on any atom is -0.462 e. The van der Waals surface area contributed by atoms with E-state index in [0.717, 1.165) is 35.9 Å². The summed E-state index contributed by atoms with van der Waals surface area (Å²) in [6.45, 7) is 6.08. The molecule has 0 radical (unpaired) electrons.